The van der Waals surface area contributed by atoms with Crippen LogP contribution < -0.4 is 11.2 Å². The van der Waals surface area contributed by atoms with E-state index in [1.165, 1.54) is 16.8 Å². The van der Waals surface area contributed by atoms with Crippen LogP contribution in [-0.2, 0) is 11.0 Å². The lowest BCUT2D eigenvalue weighted by molar-refractivity contribution is -0.137. The smallest absolute Gasteiger partial charge is 0.336 e. The maximum atomic E-state index is 12.6. The first-order valence-electron chi connectivity index (χ1n) is 7.15. The van der Waals surface area contributed by atoms with Crippen molar-refractivity contribution in [1.82, 2.24) is 14.9 Å². The number of benzene rings is 1. The fourth-order valence-electron chi connectivity index (χ4n) is 2.11. The Morgan fingerprint density at radius 1 is 1.38 bits per heavy atom. The van der Waals surface area contributed by atoms with Gasteiger partial charge in [0, 0.05) is 11.6 Å². The highest BCUT2D eigenvalue weighted by atomic mass is 32.2. The number of amides is 1. The van der Waals surface area contributed by atoms with Crippen molar-refractivity contribution < 1.29 is 18.0 Å². The van der Waals surface area contributed by atoms with Crippen molar-refractivity contribution in [1.29, 1.82) is 0 Å². The number of halogens is 3. The minimum absolute atomic E-state index is 0.0315. The normalized spacial score (nSPS) is 14.6. The molecule has 1 heterocycles. The van der Waals surface area contributed by atoms with Gasteiger partial charge in [0.2, 0.25) is 11.1 Å². The summed E-state index contributed by atoms with van der Waals surface area (Å²) < 4.78 is 39.3. The molecule has 6 nitrogen and oxygen atoms in total. The van der Waals surface area contributed by atoms with Gasteiger partial charge in [-0.3, -0.25) is 4.79 Å². The summed E-state index contributed by atoms with van der Waals surface area (Å²) in [4.78, 5) is 11.9. The van der Waals surface area contributed by atoms with Crippen LogP contribution in [0.25, 0.3) is 0 Å². The third kappa shape index (κ3) is 3.81. The van der Waals surface area contributed by atoms with Crippen molar-refractivity contribution in [3.05, 3.63) is 35.7 Å². The van der Waals surface area contributed by atoms with Gasteiger partial charge in [-0.05, 0) is 31.0 Å². The van der Waals surface area contributed by atoms with E-state index in [4.69, 9.17) is 5.84 Å². The van der Waals surface area contributed by atoms with Gasteiger partial charge in [0.15, 0.2) is 5.82 Å². The molecule has 1 saturated carbocycles. The van der Waals surface area contributed by atoms with E-state index in [0.29, 0.717) is 16.9 Å². The number of aromatic nitrogens is 3. The highest BCUT2D eigenvalue weighted by Crippen LogP contribution is 2.39. The number of nitrogens with zero attached hydrogens (tertiary/aromatic N) is 3. The molecular weight excluding hydrogens is 343 g/mol. The van der Waals surface area contributed by atoms with Gasteiger partial charge in [0.1, 0.15) is 0 Å². The van der Waals surface area contributed by atoms with Gasteiger partial charge in [-0.1, -0.05) is 17.8 Å². The second kappa shape index (κ2) is 6.34. The Kier molecular flexibility index (Phi) is 4.39. The number of alkyl halides is 3. The number of nitrogen functional groups attached to an aromatic ring is 1. The van der Waals surface area contributed by atoms with Gasteiger partial charge >= 0.3 is 6.18 Å². The minimum Gasteiger partial charge on any atom is -0.336 e. The summed E-state index contributed by atoms with van der Waals surface area (Å²) >= 11 is 1.08. The van der Waals surface area contributed by atoms with Crippen LogP contribution >= 0.6 is 11.8 Å². The number of carbonyl (C=O) groups is 1. The lowest BCUT2D eigenvalue weighted by atomic mass is 10.2. The summed E-state index contributed by atoms with van der Waals surface area (Å²) in [5.41, 5.74) is -0.730. The average Bonchev–Trinajstić information content (AvgIpc) is 3.29. The van der Waals surface area contributed by atoms with Crippen LogP contribution in [0.4, 0.5) is 18.9 Å². The standard InChI is InChI=1S/C14H14F3N5OS/c15-14(16,17)9-2-1-3-10(6-9)19-11(23)7-24-13-21-20-12(22(13)18)8-4-5-8/h1-3,6,8H,4-5,7,18H2,(H,19,23). The maximum Gasteiger partial charge on any atom is 0.416 e. The lowest BCUT2D eigenvalue weighted by Crippen LogP contribution is -2.17. The highest BCUT2D eigenvalue weighted by Gasteiger charge is 2.31. The molecule has 2 aromatic rings. The molecule has 0 atom stereocenters. The zero-order valence-corrected chi connectivity index (χ0v) is 13.2. The Bertz CT molecular complexity index is 757. The average molecular weight is 357 g/mol. The first kappa shape index (κ1) is 16.6. The molecule has 0 aliphatic heterocycles. The Hall–Kier alpha value is -2.23. The van der Waals surface area contributed by atoms with Gasteiger partial charge in [0.25, 0.3) is 0 Å². The van der Waals surface area contributed by atoms with E-state index in [9.17, 15) is 18.0 Å². The number of hydrogen-bond acceptors (Lipinski definition) is 5. The molecule has 3 N–H and O–H groups in total. The predicted molar refractivity (Wildman–Crippen MR) is 82.9 cm³/mol. The molecule has 1 amide bonds. The monoisotopic (exact) mass is 357 g/mol. The topological polar surface area (TPSA) is 85.8 Å². The summed E-state index contributed by atoms with van der Waals surface area (Å²) in [7, 11) is 0. The molecule has 1 aliphatic rings. The molecule has 128 valence electrons. The van der Waals surface area contributed by atoms with Crippen molar-refractivity contribution in [3.63, 3.8) is 0 Å². The number of nitrogens with one attached hydrogen (secondary N) is 1. The number of carbonyl (C=O) groups excluding carboxylic acids is 1. The van der Waals surface area contributed by atoms with Gasteiger partial charge in [0.05, 0.1) is 11.3 Å². The van der Waals surface area contributed by atoms with Gasteiger partial charge in [-0.15, -0.1) is 10.2 Å². The van der Waals surface area contributed by atoms with Crippen LogP contribution in [0.5, 0.6) is 0 Å². The van der Waals surface area contributed by atoms with Crippen LogP contribution in [0, 0.1) is 0 Å². The van der Waals surface area contributed by atoms with Gasteiger partial charge in [-0.2, -0.15) is 13.2 Å². The molecule has 0 radical (unpaired) electrons. The van der Waals surface area contributed by atoms with E-state index in [1.54, 1.807) is 0 Å². The van der Waals surface area contributed by atoms with Gasteiger partial charge in [-0.25, -0.2) is 4.68 Å². The van der Waals surface area contributed by atoms with Crippen molar-refractivity contribution >= 4 is 23.4 Å². The lowest BCUT2D eigenvalue weighted by Gasteiger charge is -2.09. The molecule has 1 aliphatic carbocycles. The van der Waals surface area contributed by atoms with Crippen molar-refractivity contribution in [2.24, 2.45) is 0 Å². The molecule has 10 heteroatoms. The first-order chi connectivity index (χ1) is 11.3. The summed E-state index contributed by atoms with van der Waals surface area (Å²) in [6.45, 7) is 0. The maximum absolute atomic E-state index is 12.6. The Labute approximate surface area is 139 Å². The van der Waals surface area contributed by atoms with E-state index in [-0.39, 0.29) is 11.4 Å². The van der Waals surface area contributed by atoms with E-state index in [1.807, 2.05) is 0 Å². The van der Waals surface area contributed by atoms with Crippen LogP contribution in [0.3, 0.4) is 0 Å². The Morgan fingerprint density at radius 3 is 2.79 bits per heavy atom. The van der Waals surface area contributed by atoms with Crippen LogP contribution in [-0.4, -0.2) is 26.5 Å². The summed E-state index contributed by atoms with van der Waals surface area (Å²) in [6.07, 6.45) is -2.41. The Morgan fingerprint density at radius 2 is 2.12 bits per heavy atom. The summed E-state index contributed by atoms with van der Waals surface area (Å²) in [6, 6.07) is 4.47. The molecule has 1 aromatic heterocycles. The molecule has 0 spiro atoms. The zero-order chi connectivity index (χ0) is 17.3. The van der Waals surface area contributed by atoms with E-state index in [2.05, 4.69) is 15.5 Å². The second-order valence-corrected chi connectivity index (χ2v) is 6.34. The number of thioether (sulfide) groups is 1. The molecule has 1 aromatic carbocycles. The summed E-state index contributed by atoms with van der Waals surface area (Å²) in [5.74, 6) is 6.40. The van der Waals surface area contributed by atoms with Crippen molar-refractivity contribution in [3.8, 4) is 0 Å². The SMILES string of the molecule is Nn1c(SCC(=O)Nc2cccc(C(F)(F)F)c2)nnc1C1CC1. The molecular formula is C14H14F3N5OS. The minimum atomic E-state index is -4.45. The molecule has 24 heavy (non-hydrogen) atoms. The fraction of sp³-hybridized carbons (Fsp3) is 0.357. The largest absolute Gasteiger partial charge is 0.416 e. The van der Waals surface area contributed by atoms with Gasteiger partial charge < -0.3 is 11.2 Å². The number of hydrogen-bond donors (Lipinski definition) is 2. The van der Waals surface area contributed by atoms with Crippen LogP contribution in [0.1, 0.15) is 30.1 Å². The van der Waals surface area contributed by atoms with E-state index < -0.39 is 17.6 Å². The number of rotatable bonds is 5. The second-order valence-electron chi connectivity index (χ2n) is 5.40. The van der Waals surface area contributed by atoms with E-state index in [0.717, 1.165) is 36.7 Å². The molecule has 0 saturated heterocycles. The quantitative estimate of drug-likeness (QED) is 0.635. The van der Waals surface area contributed by atoms with Crippen molar-refractivity contribution in [2.45, 2.75) is 30.1 Å². The van der Waals surface area contributed by atoms with Crippen LogP contribution in [0.15, 0.2) is 29.4 Å². The third-order valence-electron chi connectivity index (χ3n) is 3.44. The van der Waals surface area contributed by atoms with Crippen molar-refractivity contribution in [2.75, 3.05) is 16.9 Å². The molecule has 0 unspecified atom stereocenters. The predicted octanol–water partition coefficient (Wildman–Crippen LogP) is 2.62. The van der Waals surface area contributed by atoms with Crippen LogP contribution in [0.2, 0.25) is 0 Å². The number of anilines is 1. The van der Waals surface area contributed by atoms with E-state index >= 15 is 0 Å². The summed E-state index contributed by atoms with van der Waals surface area (Å²) in [5, 5.41) is 10.7. The molecule has 0 bridgehead atoms. The molecule has 1 fully saturated rings. The number of nitrogens with two attached hydrogens (primary N) is 1. The Balaban J connectivity index is 1.58. The first-order valence-corrected chi connectivity index (χ1v) is 8.13. The highest BCUT2D eigenvalue weighted by molar-refractivity contribution is 7.99. The fourth-order valence-corrected chi connectivity index (χ4v) is 2.77. The third-order valence-corrected chi connectivity index (χ3v) is 4.38. The molecule has 3 rings (SSSR count). The zero-order valence-electron chi connectivity index (χ0n) is 12.4.